The summed E-state index contributed by atoms with van der Waals surface area (Å²) in [7, 11) is 0. The Kier molecular flexibility index (Phi) is 2.99. The van der Waals surface area contributed by atoms with E-state index >= 15 is 0 Å². The van der Waals surface area contributed by atoms with Crippen molar-refractivity contribution in [3.63, 3.8) is 0 Å². The van der Waals surface area contributed by atoms with Gasteiger partial charge in [-0.1, -0.05) is 0 Å². The number of hydrogen-bond acceptors (Lipinski definition) is 3. The second-order valence-corrected chi connectivity index (χ2v) is 3.79. The first-order chi connectivity index (χ1) is 8.11. The van der Waals surface area contributed by atoms with E-state index in [0.717, 1.165) is 0 Å². The van der Waals surface area contributed by atoms with E-state index in [2.05, 4.69) is 5.32 Å². The molecule has 1 heterocycles. The minimum Gasteiger partial charge on any atom is -0.482 e. The number of benzene rings is 1. The second-order valence-electron chi connectivity index (χ2n) is 3.79. The summed E-state index contributed by atoms with van der Waals surface area (Å²) in [4.78, 5) is 24.3. The Hall–Kier alpha value is -2.04. The molecular formula is C12H14N2O3. The van der Waals surface area contributed by atoms with Crippen molar-refractivity contribution >= 4 is 23.2 Å². The summed E-state index contributed by atoms with van der Waals surface area (Å²) in [6, 6.07) is 5.26. The van der Waals surface area contributed by atoms with E-state index in [-0.39, 0.29) is 18.4 Å². The summed E-state index contributed by atoms with van der Waals surface area (Å²) in [6.07, 6.45) is 0. The maximum Gasteiger partial charge on any atom is 0.265 e. The smallest absolute Gasteiger partial charge is 0.265 e. The number of likely N-dealkylation sites (N-methyl/N-ethyl adjacent to an activating group) is 1. The Labute approximate surface area is 99.4 Å². The van der Waals surface area contributed by atoms with Crippen molar-refractivity contribution in [1.82, 2.24) is 0 Å². The number of hydrogen-bond donors (Lipinski definition) is 1. The molecule has 0 spiro atoms. The second kappa shape index (κ2) is 4.45. The number of nitrogens with one attached hydrogen (secondary N) is 1. The molecule has 0 atom stereocenters. The molecule has 2 rings (SSSR count). The van der Waals surface area contributed by atoms with Crippen molar-refractivity contribution in [2.75, 3.05) is 23.4 Å². The van der Waals surface area contributed by atoms with Crippen molar-refractivity contribution in [1.29, 1.82) is 0 Å². The fraction of sp³-hybridized carbons (Fsp3) is 0.333. The van der Waals surface area contributed by atoms with Gasteiger partial charge in [0.15, 0.2) is 6.61 Å². The van der Waals surface area contributed by atoms with Crippen LogP contribution in [0.15, 0.2) is 18.2 Å². The number of rotatable bonds is 2. The molecule has 1 aliphatic heterocycles. The number of nitrogens with zero attached hydrogens (tertiary/aromatic N) is 1. The maximum absolute atomic E-state index is 11.6. The third kappa shape index (κ3) is 2.22. The Morgan fingerprint density at radius 2 is 2.29 bits per heavy atom. The lowest BCUT2D eigenvalue weighted by Crippen LogP contribution is -2.38. The van der Waals surface area contributed by atoms with Gasteiger partial charge in [0.2, 0.25) is 5.91 Å². The van der Waals surface area contributed by atoms with E-state index in [1.54, 1.807) is 23.1 Å². The minimum absolute atomic E-state index is 0.0695. The van der Waals surface area contributed by atoms with Gasteiger partial charge in [0.1, 0.15) is 5.75 Å². The molecule has 0 fully saturated rings. The van der Waals surface area contributed by atoms with E-state index in [0.29, 0.717) is 23.7 Å². The molecule has 17 heavy (non-hydrogen) atoms. The van der Waals surface area contributed by atoms with Gasteiger partial charge >= 0.3 is 0 Å². The zero-order chi connectivity index (χ0) is 12.4. The highest BCUT2D eigenvalue weighted by Crippen LogP contribution is 2.34. The monoisotopic (exact) mass is 234 g/mol. The number of fused-ring (bicyclic) bond motifs is 1. The molecular weight excluding hydrogens is 220 g/mol. The first-order valence-electron chi connectivity index (χ1n) is 5.46. The Balaban J connectivity index is 2.38. The van der Waals surface area contributed by atoms with Crippen molar-refractivity contribution < 1.29 is 14.3 Å². The highest BCUT2D eigenvalue weighted by Gasteiger charge is 2.24. The molecule has 0 saturated carbocycles. The molecule has 5 heteroatoms. The van der Waals surface area contributed by atoms with Gasteiger partial charge in [0, 0.05) is 19.2 Å². The lowest BCUT2D eigenvalue weighted by atomic mass is 10.2. The molecule has 2 amide bonds. The van der Waals surface area contributed by atoms with Gasteiger partial charge in [-0.05, 0) is 25.1 Å². The summed E-state index contributed by atoms with van der Waals surface area (Å²) in [5.74, 6) is 0.455. The van der Waals surface area contributed by atoms with Gasteiger partial charge in [-0.25, -0.2) is 0 Å². The van der Waals surface area contributed by atoms with E-state index in [4.69, 9.17) is 4.74 Å². The normalized spacial score (nSPS) is 14.0. The van der Waals surface area contributed by atoms with Crippen LogP contribution in [0.1, 0.15) is 13.8 Å². The number of carbonyl (C=O) groups is 2. The Morgan fingerprint density at radius 3 is 2.94 bits per heavy atom. The fourth-order valence-electron chi connectivity index (χ4n) is 1.83. The molecule has 0 unspecified atom stereocenters. The summed E-state index contributed by atoms with van der Waals surface area (Å²) >= 11 is 0. The Bertz CT molecular complexity index is 471. The van der Waals surface area contributed by atoms with Gasteiger partial charge in [-0.2, -0.15) is 0 Å². The topological polar surface area (TPSA) is 58.6 Å². The van der Waals surface area contributed by atoms with Crippen LogP contribution in [0.5, 0.6) is 5.75 Å². The predicted molar refractivity (Wildman–Crippen MR) is 64.3 cm³/mol. The van der Waals surface area contributed by atoms with Gasteiger partial charge in [-0.15, -0.1) is 0 Å². The minimum atomic E-state index is -0.143. The van der Waals surface area contributed by atoms with Crippen molar-refractivity contribution in [3.8, 4) is 5.75 Å². The molecule has 90 valence electrons. The number of carbonyl (C=O) groups excluding carboxylic acids is 2. The van der Waals surface area contributed by atoms with Crippen molar-refractivity contribution in [3.05, 3.63) is 18.2 Å². The quantitative estimate of drug-likeness (QED) is 0.841. The summed E-state index contributed by atoms with van der Waals surface area (Å²) in [6.45, 7) is 4.00. The van der Waals surface area contributed by atoms with Crippen LogP contribution in [0.25, 0.3) is 0 Å². The lowest BCUT2D eigenvalue weighted by molar-refractivity contribution is -0.121. The van der Waals surface area contributed by atoms with Crippen LogP contribution in [-0.4, -0.2) is 25.0 Å². The third-order valence-electron chi connectivity index (χ3n) is 2.54. The zero-order valence-corrected chi connectivity index (χ0v) is 9.82. The molecule has 0 saturated heterocycles. The van der Waals surface area contributed by atoms with E-state index < -0.39 is 0 Å². The van der Waals surface area contributed by atoms with Crippen molar-refractivity contribution in [2.45, 2.75) is 13.8 Å². The SMILES string of the molecule is CCN1C(=O)COc2ccc(NC(C)=O)cc21. The first kappa shape index (κ1) is 11.4. The first-order valence-corrected chi connectivity index (χ1v) is 5.46. The van der Waals surface area contributed by atoms with E-state index in [9.17, 15) is 9.59 Å². The Morgan fingerprint density at radius 1 is 1.53 bits per heavy atom. The van der Waals surface area contributed by atoms with Gasteiger partial charge in [-0.3, -0.25) is 9.59 Å². The van der Waals surface area contributed by atoms with Crippen LogP contribution in [0.4, 0.5) is 11.4 Å². The summed E-state index contributed by atoms with van der Waals surface area (Å²) < 4.78 is 5.32. The lowest BCUT2D eigenvalue weighted by Gasteiger charge is -2.28. The molecule has 0 aromatic heterocycles. The molecule has 1 N–H and O–H groups in total. The van der Waals surface area contributed by atoms with Crippen LogP contribution in [0.2, 0.25) is 0 Å². The number of ether oxygens (including phenoxy) is 1. The standard InChI is InChI=1S/C12H14N2O3/c1-3-14-10-6-9(13-8(2)15)4-5-11(10)17-7-12(14)16/h4-6H,3,7H2,1-2H3,(H,13,15). The van der Waals surface area contributed by atoms with Crippen molar-refractivity contribution in [2.24, 2.45) is 0 Å². The van der Waals surface area contributed by atoms with Crippen LogP contribution in [-0.2, 0) is 9.59 Å². The average molecular weight is 234 g/mol. The van der Waals surface area contributed by atoms with Gasteiger partial charge in [0.25, 0.3) is 5.91 Å². The van der Waals surface area contributed by atoms with Crippen LogP contribution < -0.4 is 15.0 Å². The summed E-state index contributed by atoms with van der Waals surface area (Å²) in [5, 5.41) is 2.68. The highest BCUT2D eigenvalue weighted by molar-refractivity contribution is 5.99. The molecule has 1 aromatic rings. The van der Waals surface area contributed by atoms with Crippen LogP contribution >= 0.6 is 0 Å². The average Bonchev–Trinajstić information content (AvgIpc) is 2.28. The molecule has 1 aromatic carbocycles. The number of amides is 2. The van der Waals surface area contributed by atoms with E-state index in [1.807, 2.05) is 6.92 Å². The largest absolute Gasteiger partial charge is 0.482 e. The fourth-order valence-corrected chi connectivity index (χ4v) is 1.83. The zero-order valence-electron chi connectivity index (χ0n) is 9.82. The van der Waals surface area contributed by atoms with Crippen LogP contribution in [0, 0.1) is 0 Å². The third-order valence-corrected chi connectivity index (χ3v) is 2.54. The summed E-state index contributed by atoms with van der Waals surface area (Å²) in [5.41, 5.74) is 1.36. The molecule has 0 aliphatic carbocycles. The van der Waals surface area contributed by atoms with E-state index in [1.165, 1.54) is 6.92 Å². The molecule has 0 radical (unpaired) electrons. The van der Waals surface area contributed by atoms with Gasteiger partial charge in [0.05, 0.1) is 5.69 Å². The van der Waals surface area contributed by atoms with Crippen LogP contribution in [0.3, 0.4) is 0 Å². The predicted octanol–water partition coefficient (Wildman–Crippen LogP) is 1.39. The van der Waals surface area contributed by atoms with Gasteiger partial charge < -0.3 is 15.0 Å². The highest BCUT2D eigenvalue weighted by atomic mass is 16.5. The molecule has 1 aliphatic rings. The molecule has 0 bridgehead atoms. The number of anilines is 2. The maximum atomic E-state index is 11.6. The molecule has 5 nitrogen and oxygen atoms in total.